The Morgan fingerprint density at radius 3 is 2.39 bits per heavy atom. The molecule has 1 atom stereocenters. The number of halogens is 2. The van der Waals surface area contributed by atoms with Crippen LogP contribution in [0.1, 0.15) is 47.3 Å². The zero-order valence-electron chi connectivity index (χ0n) is 20.8. The van der Waals surface area contributed by atoms with Crippen molar-refractivity contribution in [1.82, 2.24) is 20.6 Å². The monoisotopic (exact) mass is 544 g/mol. The van der Waals surface area contributed by atoms with E-state index in [-0.39, 0.29) is 23.7 Å². The predicted molar refractivity (Wildman–Crippen MR) is 136 cm³/mol. The second kappa shape index (κ2) is 12.4. The topological polar surface area (TPSA) is 142 Å². The van der Waals surface area contributed by atoms with E-state index in [2.05, 4.69) is 15.6 Å². The fourth-order valence-electron chi connectivity index (χ4n) is 3.34. The lowest BCUT2D eigenvalue weighted by atomic mass is 10.0. The van der Waals surface area contributed by atoms with Crippen LogP contribution in [0.5, 0.6) is 0 Å². The van der Waals surface area contributed by atoms with Crippen molar-refractivity contribution in [3.8, 4) is 11.1 Å². The Morgan fingerprint density at radius 2 is 1.82 bits per heavy atom. The highest BCUT2D eigenvalue weighted by Gasteiger charge is 2.28. The van der Waals surface area contributed by atoms with Gasteiger partial charge in [-0.1, -0.05) is 49.7 Å². The fraction of sp³-hybridized carbons (Fsp3) is 0.269. The Kier molecular flexibility index (Phi) is 9.32. The molecule has 2 aromatic carbocycles. The van der Waals surface area contributed by atoms with Gasteiger partial charge in [0.2, 0.25) is 6.10 Å². The minimum atomic E-state index is -1.58. The van der Waals surface area contributed by atoms with Crippen LogP contribution in [-0.4, -0.2) is 56.6 Å². The number of Topliss-reactive ketones (excluding diaryl/α,β-unsaturated/α-hetero) is 1. The molecule has 0 spiro atoms. The molecule has 1 amide bonds. The minimum Gasteiger partial charge on any atom is -0.478 e. The zero-order valence-corrected chi connectivity index (χ0v) is 21.6. The van der Waals surface area contributed by atoms with Crippen molar-refractivity contribution in [1.29, 1.82) is 0 Å². The number of hydrogen-bond acceptors (Lipinski definition) is 7. The van der Waals surface area contributed by atoms with E-state index in [1.165, 1.54) is 36.2 Å². The summed E-state index contributed by atoms with van der Waals surface area (Å²) >= 11 is 5.99. The molecule has 1 aromatic heterocycles. The number of nitrogens with zero attached hydrogens (tertiary/aromatic N) is 2. The van der Waals surface area contributed by atoms with Gasteiger partial charge in [-0.3, -0.25) is 24.9 Å². The molecule has 0 fully saturated rings. The number of hydrazine groups is 1. The minimum absolute atomic E-state index is 0.000754. The number of carboxylic acid groups (broad SMARTS) is 1. The number of aromatic amines is 1. The van der Waals surface area contributed by atoms with Crippen LogP contribution in [0.4, 0.5) is 4.39 Å². The third kappa shape index (κ3) is 7.46. The number of carboxylic acids is 1. The highest BCUT2D eigenvalue weighted by molar-refractivity contribution is 6.30. The lowest BCUT2D eigenvalue weighted by Gasteiger charge is -2.26. The molecule has 3 N–H and O–H groups in total. The van der Waals surface area contributed by atoms with E-state index in [0.29, 0.717) is 21.7 Å². The summed E-state index contributed by atoms with van der Waals surface area (Å²) in [5, 5.41) is 17.5. The SMILES string of the molecule is CC(=O)c1cc(C(=O)NN(Cc2ccc(-c3cc(Cl)ccc3F)cc2)CC(OC(=O)C(C)C)C(=O)O)[nH]n1. The lowest BCUT2D eigenvalue weighted by molar-refractivity contribution is -0.168. The average molecular weight is 545 g/mol. The van der Waals surface area contributed by atoms with E-state index < -0.39 is 42.2 Å². The predicted octanol–water partition coefficient (Wildman–Crippen LogP) is 3.87. The van der Waals surface area contributed by atoms with Gasteiger partial charge in [-0.2, -0.15) is 5.10 Å². The summed E-state index contributed by atoms with van der Waals surface area (Å²) in [6, 6.07) is 12.1. The van der Waals surface area contributed by atoms with Crippen LogP contribution < -0.4 is 5.43 Å². The molecule has 1 heterocycles. The second-order valence-corrected chi connectivity index (χ2v) is 9.22. The molecule has 10 nitrogen and oxygen atoms in total. The molecule has 1 unspecified atom stereocenters. The summed E-state index contributed by atoms with van der Waals surface area (Å²) in [5.41, 5.74) is 4.09. The lowest BCUT2D eigenvalue weighted by Crippen LogP contribution is -2.48. The van der Waals surface area contributed by atoms with Crippen molar-refractivity contribution < 1.29 is 33.4 Å². The summed E-state index contributed by atoms with van der Waals surface area (Å²) < 4.78 is 19.4. The molecule has 3 rings (SSSR count). The fourth-order valence-corrected chi connectivity index (χ4v) is 3.52. The number of nitrogens with one attached hydrogen (secondary N) is 2. The second-order valence-electron chi connectivity index (χ2n) is 8.78. The number of aromatic nitrogens is 2. The number of amides is 1. The molecule has 0 aliphatic heterocycles. The van der Waals surface area contributed by atoms with Gasteiger partial charge in [0, 0.05) is 24.1 Å². The Bertz CT molecular complexity index is 1340. The summed E-state index contributed by atoms with van der Waals surface area (Å²) in [6.07, 6.45) is -1.58. The molecule has 0 aliphatic rings. The van der Waals surface area contributed by atoms with Crippen LogP contribution in [-0.2, 0) is 20.9 Å². The Hall–Kier alpha value is -4.09. The van der Waals surface area contributed by atoms with Crippen molar-refractivity contribution >= 4 is 35.2 Å². The van der Waals surface area contributed by atoms with Crippen LogP contribution in [0.25, 0.3) is 11.1 Å². The first-order valence-corrected chi connectivity index (χ1v) is 11.9. The van der Waals surface area contributed by atoms with E-state index in [0.717, 1.165) is 0 Å². The Labute approximate surface area is 222 Å². The number of hydrogen-bond donors (Lipinski definition) is 3. The van der Waals surface area contributed by atoms with Crippen LogP contribution >= 0.6 is 11.6 Å². The molecule has 200 valence electrons. The largest absolute Gasteiger partial charge is 0.478 e. The van der Waals surface area contributed by atoms with Gasteiger partial charge in [0.05, 0.1) is 12.5 Å². The van der Waals surface area contributed by atoms with Gasteiger partial charge in [-0.15, -0.1) is 0 Å². The van der Waals surface area contributed by atoms with E-state index in [9.17, 15) is 28.7 Å². The van der Waals surface area contributed by atoms with Gasteiger partial charge in [0.15, 0.2) is 5.78 Å². The van der Waals surface area contributed by atoms with Crippen LogP contribution in [0.2, 0.25) is 5.02 Å². The van der Waals surface area contributed by atoms with E-state index in [1.54, 1.807) is 38.1 Å². The van der Waals surface area contributed by atoms with E-state index in [4.69, 9.17) is 16.3 Å². The average Bonchev–Trinajstić information content (AvgIpc) is 3.36. The molecule has 0 aliphatic carbocycles. The summed E-state index contributed by atoms with van der Waals surface area (Å²) in [5.74, 6) is -4.16. The molecular weight excluding hydrogens is 519 g/mol. The van der Waals surface area contributed by atoms with Gasteiger partial charge in [-0.25, -0.2) is 14.2 Å². The molecule has 0 saturated carbocycles. The molecule has 3 aromatic rings. The van der Waals surface area contributed by atoms with Crippen molar-refractivity contribution in [3.63, 3.8) is 0 Å². The van der Waals surface area contributed by atoms with Crippen LogP contribution in [0.3, 0.4) is 0 Å². The first-order valence-electron chi connectivity index (χ1n) is 11.5. The summed E-state index contributed by atoms with van der Waals surface area (Å²) in [4.78, 5) is 48.2. The van der Waals surface area contributed by atoms with Crippen LogP contribution in [0.15, 0.2) is 48.5 Å². The number of carbonyl (C=O) groups is 4. The van der Waals surface area contributed by atoms with Crippen LogP contribution in [0, 0.1) is 11.7 Å². The summed E-state index contributed by atoms with van der Waals surface area (Å²) in [6.45, 7) is 4.04. The molecular formula is C26H26ClFN4O6. The first-order chi connectivity index (χ1) is 17.9. The van der Waals surface area contributed by atoms with Crippen molar-refractivity contribution in [3.05, 3.63) is 76.3 Å². The molecule has 12 heteroatoms. The Balaban J connectivity index is 1.84. The maximum absolute atomic E-state index is 14.3. The van der Waals surface area contributed by atoms with Gasteiger partial charge in [0.1, 0.15) is 17.2 Å². The third-order valence-corrected chi connectivity index (χ3v) is 5.64. The number of rotatable bonds is 11. The number of ketones is 1. The maximum Gasteiger partial charge on any atom is 0.346 e. The van der Waals surface area contributed by atoms with Gasteiger partial charge < -0.3 is 9.84 Å². The van der Waals surface area contributed by atoms with Crippen molar-refractivity contribution in [2.75, 3.05) is 6.54 Å². The van der Waals surface area contributed by atoms with E-state index >= 15 is 0 Å². The van der Waals surface area contributed by atoms with E-state index in [1.807, 2.05) is 0 Å². The van der Waals surface area contributed by atoms with Gasteiger partial charge in [-0.05, 0) is 35.4 Å². The third-order valence-electron chi connectivity index (χ3n) is 5.40. The Morgan fingerprint density at radius 1 is 1.13 bits per heavy atom. The number of benzene rings is 2. The summed E-state index contributed by atoms with van der Waals surface area (Å²) in [7, 11) is 0. The maximum atomic E-state index is 14.3. The number of carbonyl (C=O) groups excluding carboxylic acids is 3. The molecule has 0 radical (unpaired) electrons. The van der Waals surface area contributed by atoms with Crippen molar-refractivity contribution in [2.24, 2.45) is 5.92 Å². The normalized spacial score (nSPS) is 11.9. The molecule has 0 saturated heterocycles. The van der Waals surface area contributed by atoms with Gasteiger partial charge in [0.25, 0.3) is 5.91 Å². The first kappa shape index (κ1) is 28.5. The highest BCUT2D eigenvalue weighted by Crippen LogP contribution is 2.26. The standard InChI is InChI=1S/C26H26ClFN4O6/c1-14(2)26(37)38-23(25(35)36)13-32(31-24(34)22-11-21(15(3)33)29-30-22)12-16-4-6-17(7-5-16)19-10-18(27)8-9-20(19)28/h4-11,14,23H,12-13H2,1-3H3,(H,29,30)(H,31,34)(H,35,36). The number of aliphatic carboxylic acids is 1. The van der Waals surface area contributed by atoms with Gasteiger partial charge >= 0.3 is 11.9 Å². The zero-order chi connectivity index (χ0) is 28.0. The van der Waals surface area contributed by atoms with Crippen molar-refractivity contribution in [2.45, 2.75) is 33.4 Å². The number of esters is 1. The molecule has 38 heavy (non-hydrogen) atoms. The smallest absolute Gasteiger partial charge is 0.346 e. The quantitative estimate of drug-likeness (QED) is 0.188. The number of H-pyrrole nitrogens is 1. The highest BCUT2D eigenvalue weighted by atomic mass is 35.5. The number of ether oxygens (including phenoxy) is 1. The molecule has 0 bridgehead atoms.